The first-order valence-electron chi connectivity index (χ1n) is 40.4. The number of anilines is 1. The summed E-state index contributed by atoms with van der Waals surface area (Å²) in [6, 6.07) is 1.69. The monoisotopic (exact) mass is 1820 g/mol. The minimum Gasteiger partial charge on any atom is -0.550 e. The van der Waals surface area contributed by atoms with E-state index in [0.29, 0.717) is 131 Å². The van der Waals surface area contributed by atoms with Gasteiger partial charge in [0.2, 0.25) is 5.91 Å². The van der Waals surface area contributed by atoms with Crippen molar-refractivity contribution in [1.29, 1.82) is 0 Å². The van der Waals surface area contributed by atoms with E-state index in [1.807, 2.05) is 84.6 Å². The van der Waals surface area contributed by atoms with Crippen LogP contribution < -0.4 is 41.3 Å². The number of carbonyl (C=O) groups is 11. The van der Waals surface area contributed by atoms with Gasteiger partial charge in [-0.1, -0.05) is 52.5 Å². The number of benzene rings is 1. The van der Waals surface area contributed by atoms with E-state index >= 15 is 0 Å². The minimum atomic E-state index is -4.59. The Morgan fingerprint density at radius 2 is 0.758 bits per heavy atom. The highest BCUT2D eigenvalue weighted by atomic mass is 19.4. The van der Waals surface area contributed by atoms with Crippen molar-refractivity contribution in [3.63, 3.8) is 0 Å². The lowest BCUT2D eigenvalue weighted by atomic mass is 9.94. The highest BCUT2D eigenvalue weighted by molar-refractivity contribution is 6.01. The Morgan fingerprint density at radius 3 is 0.960 bits per heavy atom. The second kappa shape index (κ2) is 81.5. The van der Waals surface area contributed by atoms with Crippen LogP contribution in [0.1, 0.15) is 136 Å². The molecule has 1 amide bonds. The Balaban J connectivity index is -0.000000147. The van der Waals surface area contributed by atoms with Gasteiger partial charge in [0.1, 0.15) is 90.4 Å². The highest BCUT2D eigenvalue weighted by Crippen LogP contribution is 2.33. The third kappa shape index (κ3) is 100. The molecule has 0 heterocycles. The Kier molecular flexibility index (Phi) is 90.2. The molecule has 124 heavy (non-hydrogen) atoms. The first-order chi connectivity index (χ1) is 57.0. The molecule has 0 aromatic heterocycles. The van der Waals surface area contributed by atoms with Crippen molar-refractivity contribution in [1.82, 2.24) is 0 Å². The number of hydrogen-bond acceptors (Lipinski definition) is 32. The Bertz CT molecular complexity index is 2700. The van der Waals surface area contributed by atoms with Gasteiger partial charge in [-0.2, -0.15) is 13.2 Å². The molecule has 0 bridgehead atoms. The van der Waals surface area contributed by atoms with Crippen LogP contribution in [0.3, 0.4) is 0 Å². The number of rotatable bonds is 48. The molecule has 1 aliphatic rings. The number of aliphatic carboxylic acids is 8. The largest absolute Gasteiger partial charge is 0.550 e. The van der Waals surface area contributed by atoms with Crippen molar-refractivity contribution < 1.29 is 205 Å². The lowest BCUT2D eigenvalue weighted by molar-refractivity contribution is -0.890. The number of nitrogens with zero attached hydrogens (tertiary/aromatic N) is 7. The number of halogens is 3. The van der Waals surface area contributed by atoms with E-state index in [9.17, 15) is 86.6 Å². The van der Waals surface area contributed by atoms with Gasteiger partial charge < -0.3 is 179 Å². The zero-order valence-corrected chi connectivity index (χ0v) is 76.1. The summed E-state index contributed by atoms with van der Waals surface area (Å²) in [5.74, 6) is -12.2. The van der Waals surface area contributed by atoms with Gasteiger partial charge in [-0.25, -0.2) is 0 Å². The number of carbonyl (C=O) groups excluding carboxylic acids is 9. The van der Waals surface area contributed by atoms with Crippen molar-refractivity contribution in [2.24, 2.45) is 17.6 Å². The van der Waals surface area contributed by atoms with Crippen LogP contribution in [-0.2, 0) is 58.9 Å². The third-order valence-electron chi connectivity index (χ3n) is 17.4. The fourth-order valence-corrected chi connectivity index (χ4v) is 9.42. The van der Waals surface area contributed by atoms with E-state index in [-0.39, 0.29) is 116 Å². The van der Waals surface area contributed by atoms with E-state index in [4.69, 9.17) is 97.3 Å². The molecule has 1 aliphatic carbocycles. The molecule has 44 heteroatoms. The zero-order valence-electron chi connectivity index (χ0n) is 76.1. The lowest BCUT2D eigenvalue weighted by Crippen LogP contribution is -2.48. The van der Waals surface area contributed by atoms with Gasteiger partial charge in [0.05, 0.1) is 201 Å². The number of aliphatic hydroxyl groups excluding tert-OH is 14. The molecule has 0 spiro atoms. The zero-order chi connectivity index (χ0) is 99.3. The fourth-order valence-electron chi connectivity index (χ4n) is 9.42. The number of amides is 1. The molecular formula is C80H157F3N8O33. The number of ketones is 2. The number of quaternary nitrogens is 6. The summed E-state index contributed by atoms with van der Waals surface area (Å²) in [6.07, 6.45) is 0.341. The van der Waals surface area contributed by atoms with Gasteiger partial charge in [0, 0.05) is 74.1 Å². The third-order valence-corrected chi connectivity index (χ3v) is 17.4. The fraction of sp³-hybridized carbons (Fsp3) is 0.787. The van der Waals surface area contributed by atoms with Crippen molar-refractivity contribution in [2.45, 2.75) is 155 Å². The maximum absolute atomic E-state index is 12.9. The molecule has 1 saturated carbocycles. The number of Topliss-reactive ketones (excluding diaryl/α,β-unsaturated/α-hetero) is 2. The van der Waals surface area contributed by atoms with Crippen LogP contribution in [0.2, 0.25) is 0 Å². The molecular weight excluding hydrogens is 1660 g/mol. The lowest BCUT2D eigenvalue weighted by Gasteiger charge is -2.33. The molecule has 4 unspecified atom stereocenters. The first-order valence-corrected chi connectivity index (χ1v) is 40.4. The summed E-state index contributed by atoms with van der Waals surface area (Å²) in [5.41, 5.74) is 3.79. The van der Waals surface area contributed by atoms with Gasteiger partial charge >= 0.3 is 18.1 Å². The van der Waals surface area contributed by atoms with Gasteiger partial charge in [0.15, 0.2) is 5.78 Å². The molecule has 4 atom stereocenters. The van der Waals surface area contributed by atoms with Crippen molar-refractivity contribution in [2.75, 3.05) is 254 Å². The number of unbranched alkanes of at least 4 members (excludes halogenated alkanes) is 4. The first kappa shape index (κ1) is 137. The number of likely N-dealkylation sites (N-methyl/N-ethyl adjacent to an activating group) is 6. The summed E-state index contributed by atoms with van der Waals surface area (Å²) in [5, 5.41) is 194. The molecule has 1 aromatic rings. The van der Waals surface area contributed by atoms with Crippen molar-refractivity contribution in [3.8, 4) is 0 Å². The van der Waals surface area contributed by atoms with Crippen LogP contribution in [-0.4, -0.2) is 441 Å². The topological polar surface area (TPSA) is 679 Å². The van der Waals surface area contributed by atoms with Crippen LogP contribution in [0.5, 0.6) is 0 Å². The average Bonchev–Trinajstić information content (AvgIpc) is 0.881. The van der Waals surface area contributed by atoms with E-state index in [1.165, 1.54) is 25.3 Å². The maximum Gasteiger partial charge on any atom is 0.416 e. The van der Waals surface area contributed by atoms with Gasteiger partial charge in [-0.15, -0.1) is 0 Å². The van der Waals surface area contributed by atoms with E-state index in [1.54, 1.807) is 13.8 Å². The second-order valence-corrected chi connectivity index (χ2v) is 32.3. The van der Waals surface area contributed by atoms with Crippen LogP contribution >= 0.6 is 0 Å². The van der Waals surface area contributed by atoms with Crippen molar-refractivity contribution in [3.05, 3.63) is 29.8 Å². The number of carboxylic acids is 8. The molecule has 0 aliphatic heterocycles. The molecule has 0 radical (unpaired) electrons. The molecule has 0 saturated heterocycles. The molecule has 41 nitrogen and oxygen atoms in total. The molecule has 1 aromatic carbocycles. The normalized spacial score (nSPS) is 13.2. The van der Waals surface area contributed by atoms with E-state index < -0.39 is 127 Å². The van der Waals surface area contributed by atoms with Gasteiger partial charge in [-0.05, 0) is 69.1 Å². The summed E-state index contributed by atoms with van der Waals surface area (Å²) < 4.78 is 42.9. The van der Waals surface area contributed by atoms with Gasteiger partial charge in [0.25, 0.3) is 0 Å². The second-order valence-electron chi connectivity index (χ2n) is 32.3. The SMILES string of the molecule is CC(=O)N(c1cccc(C(F)(F)F)c1)C(C(=O)CCC(=O)[O-])C(C)C.CCCCCCCC(=O)CCC(=O)[O-].C[N+](C)(CCO)CCO.C[N+](C)(CCO)CCO.C[N+](C)(CCO)CCO.C[N+](C)(CCO)CCO.C[N+](C)(CCO)CCO.C[N+](C)(CCO)CCO.NC(CC(=O)[O-])C(=O)O.O=C([O-])C1CCC(O)C1.O=C([O-])CCC(=O)O.O=C([O-])CO. The van der Waals surface area contributed by atoms with Crippen molar-refractivity contribution >= 4 is 70.9 Å². The molecule has 1 fully saturated rings. The molecule has 736 valence electrons. The summed E-state index contributed by atoms with van der Waals surface area (Å²) in [7, 11) is 23.7. The summed E-state index contributed by atoms with van der Waals surface area (Å²) >= 11 is 0. The minimum absolute atomic E-state index is 0.0469. The van der Waals surface area contributed by atoms with Crippen LogP contribution in [0.4, 0.5) is 18.9 Å². The molecule has 2 rings (SSSR count). The Morgan fingerprint density at radius 1 is 0.452 bits per heavy atom. The van der Waals surface area contributed by atoms with E-state index in [2.05, 4.69) is 6.92 Å². The number of aliphatic hydroxyl groups is 14. The summed E-state index contributed by atoms with van der Waals surface area (Å²) in [4.78, 5) is 115. The van der Waals surface area contributed by atoms with Gasteiger partial charge in [-0.3, -0.25) is 24.0 Å². The number of nitrogens with two attached hydrogens (primary N) is 1. The molecule has 18 N–H and O–H groups in total. The number of carboxylic acid groups (broad SMARTS) is 8. The number of alkyl halides is 3. The quantitative estimate of drug-likeness (QED) is 0.0213. The predicted octanol–water partition coefficient (Wildman–Crippen LogP) is -9.32. The summed E-state index contributed by atoms with van der Waals surface area (Å²) in [6.45, 7) is 16.4. The number of hydrogen-bond donors (Lipinski definition) is 17. The maximum atomic E-state index is 12.9. The predicted molar refractivity (Wildman–Crippen MR) is 439 cm³/mol. The average molecular weight is 1820 g/mol. The smallest absolute Gasteiger partial charge is 0.416 e. The van der Waals surface area contributed by atoms with Crippen LogP contribution in [0.15, 0.2) is 24.3 Å². The highest BCUT2D eigenvalue weighted by Gasteiger charge is 2.35. The van der Waals surface area contributed by atoms with Crippen LogP contribution in [0.25, 0.3) is 0 Å². The Labute approximate surface area is 729 Å². The van der Waals surface area contributed by atoms with E-state index in [0.717, 1.165) is 42.9 Å². The standard InChI is InChI=1S/C17H20F3NO4.C11H20O3.6C6H16NO2.C6H10O3.C4H7NO4.C4H6O4.C2H4O3/c1-10(2)16(14(23)7-8-15(24)25)21(11(3)22)13-6-4-5-12(9-13)17(18,19)20;1-2-3-4-5-6-7-10(12)8-9-11(13)14;6*1-7(2,3-5-8)4-6-9;7-5-2-1-4(3-5)6(8)9;5-2(4(8)9)1-3(6)7;5-3(6)1-2-4(7)8;3-1-2(4)5/h4-6,9-10,16H,7-8H2,1-3H3,(H,24,25);2-9H2,1H3,(H,13,14);6*8-9H,3-6H2,1-2H3;4-5,7H,1-3H2,(H,8,9);2H,1,5H2,(H,6,7)(H,8,9);1-2H2,(H,5,6)(H,7,8);3H,1H2,(H,4,5)/q;;6*+1;;;;/p-6. The Hall–Kier alpha value is -7.26. The van der Waals surface area contributed by atoms with Crippen LogP contribution in [0, 0.1) is 11.8 Å².